The Kier molecular flexibility index (Phi) is 8.32. The number of aromatic amines is 1. The molecule has 1 N–H and O–H groups in total. The van der Waals surface area contributed by atoms with Gasteiger partial charge >= 0.3 is 13.1 Å². The number of carbonyl (C=O) groups is 1. The molecule has 2 aliphatic rings. The molecule has 1 aliphatic heterocycles. The van der Waals surface area contributed by atoms with Gasteiger partial charge in [-0.2, -0.15) is 0 Å². The van der Waals surface area contributed by atoms with Gasteiger partial charge in [-0.15, -0.1) is 0 Å². The number of hydrogen-bond donors (Lipinski definition) is 1. The summed E-state index contributed by atoms with van der Waals surface area (Å²) in [4.78, 5) is 15.8. The molecule has 1 fully saturated rings. The number of nitrogens with one attached hydrogen (secondary N) is 1. The fraction of sp³-hybridized carbons (Fsp3) is 0.480. The van der Waals surface area contributed by atoms with Crippen LogP contribution in [0.2, 0.25) is 0 Å². The van der Waals surface area contributed by atoms with Crippen LogP contribution in [0, 0.1) is 0 Å². The minimum absolute atomic E-state index is 0.265. The van der Waals surface area contributed by atoms with Crippen molar-refractivity contribution in [1.82, 2.24) is 4.98 Å². The average molecular weight is 425 g/mol. The van der Waals surface area contributed by atoms with Crippen LogP contribution in [0.25, 0.3) is 11.5 Å². The fourth-order valence-electron chi connectivity index (χ4n) is 3.35. The van der Waals surface area contributed by atoms with Crippen molar-refractivity contribution in [3.8, 4) is 0 Å². The number of allylic oxidation sites excluding steroid dienone is 3. The van der Waals surface area contributed by atoms with Crippen LogP contribution in [-0.4, -0.2) is 35.9 Å². The molecule has 0 amide bonds. The van der Waals surface area contributed by atoms with E-state index in [2.05, 4.69) is 23.7 Å². The summed E-state index contributed by atoms with van der Waals surface area (Å²) in [6.07, 6.45) is 11.9. The lowest BCUT2D eigenvalue weighted by Crippen LogP contribution is -2.41. The number of hydrogen-bond acceptors (Lipinski definition) is 4. The van der Waals surface area contributed by atoms with E-state index < -0.39 is 24.3 Å². The topological polar surface area (TPSA) is 60.6 Å². The molecule has 1 saturated heterocycles. The molecule has 31 heavy (non-hydrogen) atoms. The molecule has 0 radical (unpaired) electrons. The van der Waals surface area contributed by atoms with Crippen molar-refractivity contribution in [3.63, 3.8) is 0 Å². The Morgan fingerprint density at radius 1 is 1.23 bits per heavy atom. The number of rotatable bonds is 6. The van der Waals surface area contributed by atoms with Crippen LogP contribution in [0.5, 0.6) is 0 Å². The van der Waals surface area contributed by atoms with Gasteiger partial charge in [-0.3, -0.25) is 0 Å². The molecule has 0 atom stereocenters. The molecule has 2 heterocycles. The summed E-state index contributed by atoms with van der Waals surface area (Å²) in [6.45, 7) is 18.1. The van der Waals surface area contributed by atoms with E-state index >= 15 is 0 Å². The highest BCUT2D eigenvalue weighted by molar-refractivity contribution is 6.68. The SMILES string of the molecule is C=Cc1cc(C(=O)OCC2=CCCC=C2)[nH]c1/C(=C\C)B1OC(C)(C)C(C)(C)O1.CC. The Bertz CT molecular complexity index is 873. The van der Waals surface area contributed by atoms with Crippen LogP contribution < -0.4 is 0 Å². The molecule has 0 unspecified atom stereocenters. The summed E-state index contributed by atoms with van der Waals surface area (Å²) in [7, 11) is -0.538. The van der Waals surface area contributed by atoms with Gasteiger partial charge in [0.25, 0.3) is 0 Å². The van der Waals surface area contributed by atoms with E-state index in [1.807, 2.05) is 60.6 Å². The molecular formula is C25H36BNO4. The van der Waals surface area contributed by atoms with Crippen LogP contribution in [-0.2, 0) is 14.0 Å². The third-order valence-corrected chi connectivity index (χ3v) is 5.84. The summed E-state index contributed by atoms with van der Waals surface area (Å²) >= 11 is 0. The van der Waals surface area contributed by atoms with Gasteiger partial charge < -0.3 is 19.0 Å². The molecule has 1 aromatic heterocycles. The Balaban J connectivity index is 0.00000166. The first-order valence-corrected chi connectivity index (χ1v) is 11.1. The molecule has 5 nitrogen and oxygen atoms in total. The van der Waals surface area contributed by atoms with E-state index in [0.717, 1.165) is 35.1 Å². The minimum Gasteiger partial charge on any atom is -0.456 e. The van der Waals surface area contributed by atoms with E-state index in [0.29, 0.717) is 5.69 Å². The standard InChI is InChI=1S/C23H30BNO4.C2H6/c1-7-17-14-19(21(26)27-15-16-12-10-9-11-13-16)25-20(17)18(8-2)24-28-22(3,4)23(5,6)29-24;1-2/h7-8,10,12-14,25H,1,9,11,15H2,2-6H3;1-2H3/b18-8+;. The van der Waals surface area contributed by atoms with Gasteiger partial charge in [0.05, 0.1) is 11.2 Å². The van der Waals surface area contributed by atoms with E-state index in [1.165, 1.54) is 0 Å². The van der Waals surface area contributed by atoms with Crippen molar-refractivity contribution < 1.29 is 18.8 Å². The maximum Gasteiger partial charge on any atom is 0.496 e. The van der Waals surface area contributed by atoms with Crippen molar-refractivity contribution in [3.05, 3.63) is 59.5 Å². The second-order valence-electron chi connectivity index (χ2n) is 8.38. The van der Waals surface area contributed by atoms with Crippen molar-refractivity contribution >= 4 is 24.6 Å². The maximum absolute atomic E-state index is 12.6. The first-order valence-electron chi connectivity index (χ1n) is 11.1. The van der Waals surface area contributed by atoms with E-state index in [1.54, 1.807) is 12.1 Å². The van der Waals surface area contributed by atoms with Gasteiger partial charge in [-0.25, -0.2) is 4.79 Å². The average Bonchev–Trinajstić information content (AvgIpc) is 3.27. The molecule has 0 bridgehead atoms. The van der Waals surface area contributed by atoms with E-state index in [-0.39, 0.29) is 6.61 Å². The number of ether oxygens (including phenoxy) is 1. The molecule has 3 rings (SSSR count). The first-order chi connectivity index (χ1) is 14.7. The van der Waals surface area contributed by atoms with Crippen LogP contribution in [0.15, 0.2) is 42.5 Å². The van der Waals surface area contributed by atoms with E-state index in [4.69, 9.17) is 14.0 Å². The van der Waals surface area contributed by atoms with Crippen molar-refractivity contribution in [2.24, 2.45) is 0 Å². The van der Waals surface area contributed by atoms with Crippen molar-refractivity contribution in [2.45, 2.75) is 72.5 Å². The molecular weight excluding hydrogens is 389 g/mol. The third kappa shape index (κ3) is 5.49. The van der Waals surface area contributed by atoms with Gasteiger partial charge in [-0.1, -0.05) is 50.8 Å². The normalized spacial score (nSPS) is 19.4. The van der Waals surface area contributed by atoms with Gasteiger partial charge in [0.2, 0.25) is 0 Å². The highest BCUT2D eigenvalue weighted by Crippen LogP contribution is 2.41. The lowest BCUT2D eigenvalue weighted by Gasteiger charge is -2.32. The van der Waals surface area contributed by atoms with Crippen molar-refractivity contribution in [2.75, 3.05) is 6.61 Å². The monoisotopic (exact) mass is 425 g/mol. The Hall–Kier alpha value is -2.31. The smallest absolute Gasteiger partial charge is 0.456 e. The Morgan fingerprint density at radius 3 is 2.39 bits per heavy atom. The van der Waals surface area contributed by atoms with Crippen LogP contribution in [0.3, 0.4) is 0 Å². The molecule has 1 aliphatic carbocycles. The molecule has 6 heteroatoms. The predicted octanol–water partition coefficient (Wildman–Crippen LogP) is 6.15. The Labute approximate surface area is 187 Å². The first kappa shape index (κ1) is 25.0. The van der Waals surface area contributed by atoms with Crippen LogP contribution >= 0.6 is 0 Å². The summed E-state index contributed by atoms with van der Waals surface area (Å²) < 4.78 is 17.9. The van der Waals surface area contributed by atoms with Crippen LogP contribution in [0.4, 0.5) is 0 Å². The molecule has 1 aromatic rings. The molecule has 0 saturated carbocycles. The number of H-pyrrole nitrogens is 1. The third-order valence-electron chi connectivity index (χ3n) is 5.84. The largest absolute Gasteiger partial charge is 0.496 e. The number of carbonyl (C=O) groups excluding carboxylic acids is 1. The zero-order valence-corrected chi connectivity index (χ0v) is 20.0. The molecule has 168 valence electrons. The molecule has 0 aromatic carbocycles. The second kappa shape index (κ2) is 10.3. The highest BCUT2D eigenvalue weighted by Gasteiger charge is 2.52. The second-order valence-corrected chi connectivity index (χ2v) is 8.38. The summed E-state index contributed by atoms with van der Waals surface area (Å²) in [6, 6.07) is 1.75. The lowest BCUT2D eigenvalue weighted by atomic mass is 9.75. The van der Waals surface area contributed by atoms with Gasteiger partial charge in [0.15, 0.2) is 0 Å². The van der Waals surface area contributed by atoms with E-state index in [9.17, 15) is 4.79 Å². The highest BCUT2D eigenvalue weighted by atomic mass is 16.7. The van der Waals surface area contributed by atoms with Crippen LogP contribution in [0.1, 0.15) is 83.1 Å². The maximum atomic E-state index is 12.6. The zero-order chi connectivity index (χ0) is 23.2. The predicted molar refractivity (Wildman–Crippen MR) is 129 cm³/mol. The van der Waals surface area contributed by atoms with Gasteiger partial charge in [0, 0.05) is 11.2 Å². The molecule has 0 spiro atoms. The van der Waals surface area contributed by atoms with Gasteiger partial charge in [0.1, 0.15) is 12.3 Å². The quantitative estimate of drug-likeness (QED) is 0.439. The summed E-state index contributed by atoms with van der Waals surface area (Å²) in [5, 5.41) is 0. The Morgan fingerprint density at radius 2 is 1.87 bits per heavy atom. The van der Waals surface area contributed by atoms with Gasteiger partial charge in [-0.05, 0) is 64.7 Å². The number of aromatic nitrogens is 1. The lowest BCUT2D eigenvalue weighted by molar-refractivity contribution is 0.00578. The zero-order valence-electron chi connectivity index (χ0n) is 20.0. The minimum atomic E-state index is -0.538. The number of esters is 1. The summed E-state index contributed by atoms with van der Waals surface area (Å²) in [5.74, 6) is -0.399. The van der Waals surface area contributed by atoms with Crippen molar-refractivity contribution in [1.29, 1.82) is 0 Å². The fourth-order valence-corrected chi connectivity index (χ4v) is 3.35. The summed E-state index contributed by atoms with van der Waals surface area (Å²) in [5.41, 5.74) is 2.89.